The fraction of sp³-hybridized carbons (Fsp3) is 0.455. The molecule has 98 valence electrons. The molecule has 0 amide bonds. The van der Waals surface area contributed by atoms with Gasteiger partial charge in [0.15, 0.2) is 14.9 Å². The highest BCUT2D eigenvalue weighted by Gasteiger charge is 2.25. The molecule has 0 saturated heterocycles. The molecule has 0 aliphatic rings. The molecule has 0 aliphatic carbocycles. The maximum absolute atomic E-state index is 12.2. The molecule has 1 heterocycles. The molecule has 7 heteroatoms. The molecule has 0 aromatic carbocycles. The van der Waals surface area contributed by atoms with Crippen molar-refractivity contribution in [1.82, 2.24) is 4.98 Å². The quantitative estimate of drug-likeness (QED) is 0.785. The molecule has 4 nitrogen and oxygen atoms in total. The van der Waals surface area contributed by atoms with Crippen LogP contribution in [-0.2, 0) is 9.84 Å². The molecule has 1 rings (SSSR count). The van der Waals surface area contributed by atoms with E-state index in [0.29, 0.717) is 10.5 Å². The first-order valence-electron chi connectivity index (χ1n) is 5.45. The van der Waals surface area contributed by atoms with Crippen molar-refractivity contribution in [3.8, 4) is 6.07 Å². The van der Waals surface area contributed by atoms with Crippen LogP contribution in [0.25, 0.3) is 0 Å². The summed E-state index contributed by atoms with van der Waals surface area (Å²) < 4.78 is 24.9. The van der Waals surface area contributed by atoms with E-state index < -0.39 is 17.9 Å². The summed E-state index contributed by atoms with van der Waals surface area (Å²) in [4.78, 5) is 3.86. The van der Waals surface area contributed by atoms with Gasteiger partial charge < -0.3 is 0 Å². The molecule has 18 heavy (non-hydrogen) atoms. The molecule has 0 atom stereocenters. The number of rotatable bonds is 4. The Morgan fingerprint density at radius 2 is 2.06 bits per heavy atom. The van der Waals surface area contributed by atoms with Crippen molar-refractivity contribution < 1.29 is 8.42 Å². The molecule has 0 bridgehead atoms. The minimum absolute atomic E-state index is 0.0564. The second kappa shape index (κ2) is 5.51. The summed E-state index contributed by atoms with van der Waals surface area (Å²) in [6.45, 7) is 6.34. The van der Waals surface area contributed by atoms with Crippen molar-refractivity contribution in [2.45, 2.75) is 30.7 Å². The van der Waals surface area contributed by atoms with Crippen molar-refractivity contribution in [3.05, 3.63) is 22.3 Å². The van der Waals surface area contributed by atoms with Gasteiger partial charge in [-0.3, -0.25) is 0 Å². The average Bonchev–Trinajstić information content (AvgIpc) is 2.25. The summed E-state index contributed by atoms with van der Waals surface area (Å²) >= 11 is 3.17. The standard InChI is InChI=1S/C11H15BrN2O2SSi/c1-18(2,3)7-6-17(15,16)11-9(8-13)10(12)4-5-14-11/h4-5H,6-7H2,1-3H3. The lowest BCUT2D eigenvalue weighted by atomic mass is 10.3. The van der Waals surface area contributed by atoms with Crippen LogP contribution < -0.4 is 0 Å². The second-order valence-electron chi connectivity index (χ2n) is 5.21. The number of halogens is 1. The van der Waals surface area contributed by atoms with Crippen molar-refractivity contribution in [3.63, 3.8) is 0 Å². The topological polar surface area (TPSA) is 70.8 Å². The highest BCUT2D eigenvalue weighted by atomic mass is 79.9. The monoisotopic (exact) mass is 346 g/mol. The van der Waals surface area contributed by atoms with Gasteiger partial charge in [0.2, 0.25) is 0 Å². The van der Waals surface area contributed by atoms with Crippen LogP contribution in [0.15, 0.2) is 21.8 Å². The predicted octanol–water partition coefficient (Wildman–Crippen LogP) is 2.83. The summed E-state index contributed by atoms with van der Waals surface area (Å²) in [6.07, 6.45) is 1.40. The first kappa shape index (κ1) is 15.3. The Bertz CT molecular complexity index is 588. The Morgan fingerprint density at radius 3 is 2.56 bits per heavy atom. The van der Waals surface area contributed by atoms with Gasteiger partial charge >= 0.3 is 0 Å². The number of hydrogen-bond acceptors (Lipinski definition) is 4. The van der Waals surface area contributed by atoms with Crippen LogP contribution in [0.1, 0.15) is 5.56 Å². The SMILES string of the molecule is C[Si](C)(C)CCS(=O)(=O)c1nccc(Br)c1C#N. The minimum atomic E-state index is -3.49. The van der Waals surface area contributed by atoms with Crippen LogP contribution in [0.5, 0.6) is 0 Å². The molecule has 0 aliphatic heterocycles. The van der Waals surface area contributed by atoms with E-state index in [2.05, 4.69) is 40.6 Å². The fourth-order valence-corrected chi connectivity index (χ4v) is 6.23. The van der Waals surface area contributed by atoms with Crippen LogP contribution >= 0.6 is 15.9 Å². The second-order valence-corrected chi connectivity index (χ2v) is 13.7. The van der Waals surface area contributed by atoms with Crippen LogP contribution in [0.4, 0.5) is 0 Å². The first-order chi connectivity index (χ1) is 8.17. The zero-order valence-corrected chi connectivity index (χ0v) is 14.0. The van der Waals surface area contributed by atoms with Gasteiger partial charge in [0.1, 0.15) is 11.6 Å². The molecule has 0 saturated carbocycles. The Hall–Kier alpha value is -0.713. The van der Waals surface area contributed by atoms with E-state index in [4.69, 9.17) is 5.26 Å². The number of pyridine rings is 1. The van der Waals surface area contributed by atoms with E-state index in [1.165, 1.54) is 6.20 Å². The molecule has 1 aromatic heterocycles. The third-order valence-electron chi connectivity index (χ3n) is 2.39. The third kappa shape index (κ3) is 3.90. The summed E-state index contributed by atoms with van der Waals surface area (Å²) in [5, 5.41) is 8.90. The van der Waals surface area contributed by atoms with Gasteiger partial charge in [-0.15, -0.1) is 0 Å². The summed E-state index contributed by atoms with van der Waals surface area (Å²) in [5.41, 5.74) is 0.0908. The predicted molar refractivity (Wildman–Crippen MR) is 76.9 cm³/mol. The summed E-state index contributed by atoms with van der Waals surface area (Å²) in [5.74, 6) is 0.0564. The molecular formula is C11H15BrN2O2SSi. The van der Waals surface area contributed by atoms with Gasteiger partial charge in [-0.25, -0.2) is 13.4 Å². The number of hydrogen-bond donors (Lipinski definition) is 0. The Kier molecular flexibility index (Phi) is 4.70. The Morgan fingerprint density at radius 1 is 1.44 bits per heavy atom. The Balaban J connectivity index is 3.15. The Labute approximate surface area is 117 Å². The molecular weight excluding hydrogens is 332 g/mol. The van der Waals surface area contributed by atoms with Gasteiger partial charge in [0.25, 0.3) is 0 Å². The van der Waals surface area contributed by atoms with Gasteiger partial charge in [-0.05, 0) is 28.0 Å². The first-order valence-corrected chi connectivity index (χ1v) is 11.6. The van der Waals surface area contributed by atoms with Crippen molar-refractivity contribution in [1.29, 1.82) is 5.26 Å². The molecule has 0 spiro atoms. The maximum atomic E-state index is 12.2. The van der Waals surface area contributed by atoms with E-state index in [0.717, 1.165) is 0 Å². The molecule has 1 aromatic rings. The van der Waals surface area contributed by atoms with Crippen LogP contribution in [0.2, 0.25) is 25.7 Å². The highest BCUT2D eigenvalue weighted by molar-refractivity contribution is 9.10. The van der Waals surface area contributed by atoms with Crippen molar-refractivity contribution in [2.75, 3.05) is 5.75 Å². The lowest BCUT2D eigenvalue weighted by molar-refractivity contribution is 0.593. The number of sulfone groups is 1. The molecule has 0 radical (unpaired) electrons. The molecule has 0 fully saturated rings. The number of aromatic nitrogens is 1. The van der Waals surface area contributed by atoms with Gasteiger partial charge in [0, 0.05) is 18.7 Å². The van der Waals surface area contributed by atoms with Crippen LogP contribution in [0, 0.1) is 11.3 Å². The summed E-state index contributed by atoms with van der Waals surface area (Å²) in [6, 6.07) is 4.12. The zero-order chi connectivity index (χ0) is 14.0. The fourth-order valence-electron chi connectivity index (χ4n) is 1.29. The van der Waals surface area contributed by atoms with Gasteiger partial charge in [-0.1, -0.05) is 19.6 Å². The van der Waals surface area contributed by atoms with E-state index in [9.17, 15) is 8.42 Å². The lowest BCUT2D eigenvalue weighted by Crippen LogP contribution is -2.24. The number of nitriles is 1. The normalized spacial score (nSPS) is 12.2. The molecule has 0 unspecified atom stereocenters. The van der Waals surface area contributed by atoms with Gasteiger partial charge in [-0.2, -0.15) is 5.26 Å². The van der Waals surface area contributed by atoms with Gasteiger partial charge in [0.05, 0.1) is 5.75 Å². The van der Waals surface area contributed by atoms with Crippen LogP contribution in [-0.4, -0.2) is 27.2 Å². The smallest absolute Gasteiger partial charge is 0.196 e. The van der Waals surface area contributed by atoms with E-state index >= 15 is 0 Å². The minimum Gasteiger partial charge on any atom is -0.243 e. The average molecular weight is 347 g/mol. The zero-order valence-electron chi connectivity index (χ0n) is 10.6. The summed E-state index contributed by atoms with van der Waals surface area (Å²) in [7, 11) is -4.93. The third-order valence-corrected chi connectivity index (χ3v) is 6.81. The van der Waals surface area contributed by atoms with E-state index in [1.807, 2.05) is 6.07 Å². The van der Waals surface area contributed by atoms with E-state index in [1.54, 1.807) is 6.07 Å². The largest absolute Gasteiger partial charge is 0.243 e. The van der Waals surface area contributed by atoms with Crippen molar-refractivity contribution in [2.24, 2.45) is 0 Å². The highest BCUT2D eigenvalue weighted by Crippen LogP contribution is 2.23. The van der Waals surface area contributed by atoms with Crippen LogP contribution in [0.3, 0.4) is 0 Å². The van der Waals surface area contributed by atoms with E-state index in [-0.39, 0.29) is 16.3 Å². The lowest BCUT2D eigenvalue weighted by Gasteiger charge is -2.15. The maximum Gasteiger partial charge on any atom is 0.196 e. The molecule has 0 N–H and O–H groups in total. The van der Waals surface area contributed by atoms with Crippen molar-refractivity contribution >= 4 is 33.8 Å². The number of nitrogens with zero attached hydrogens (tertiary/aromatic N) is 2.